The average Bonchev–Trinajstić information content (AvgIpc) is 3.15. The van der Waals surface area contributed by atoms with Crippen LogP contribution in [0.1, 0.15) is 29.6 Å². The predicted molar refractivity (Wildman–Crippen MR) is 92.2 cm³/mol. The van der Waals surface area contributed by atoms with Crippen molar-refractivity contribution >= 4 is 30.0 Å². The summed E-state index contributed by atoms with van der Waals surface area (Å²) in [5.74, 6) is -0.0139. The fourth-order valence-electron chi connectivity index (χ4n) is 2.65. The van der Waals surface area contributed by atoms with Crippen LogP contribution >= 0.6 is 12.4 Å². The molecule has 6 nitrogen and oxygen atoms in total. The standard InChI is InChI=1S/C16H22N4O2.ClH/c1-20(14-7-8-17-10-14)15(21)11-3-2-4-13(9-11)19-16(22)18-12-5-6-12;/h2-4,9,12,14,17H,5-8,10H2,1H3,(H2,18,19,22);1H. The Morgan fingerprint density at radius 2 is 2.04 bits per heavy atom. The summed E-state index contributed by atoms with van der Waals surface area (Å²) in [5.41, 5.74) is 1.24. The van der Waals surface area contributed by atoms with E-state index in [1.54, 1.807) is 29.2 Å². The largest absolute Gasteiger partial charge is 0.337 e. The number of carbonyl (C=O) groups excluding carboxylic acids is 2. The molecule has 1 saturated heterocycles. The lowest BCUT2D eigenvalue weighted by molar-refractivity contribution is 0.0744. The number of likely N-dealkylation sites (N-methyl/N-ethyl adjacent to an activating group) is 1. The first-order chi connectivity index (χ1) is 10.6. The van der Waals surface area contributed by atoms with Crippen LogP contribution in [0.4, 0.5) is 10.5 Å². The van der Waals surface area contributed by atoms with Crippen molar-refractivity contribution in [1.82, 2.24) is 15.5 Å². The Morgan fingerprint density at radius 1 is 1.26 bits per heavy atom. The van der Waals surface area contributed by atoms with E-state index in [9.17, 15) is 9.59 Å². The van der Waals surface area contributed by atoms with E-state index in [-0.39, 0.29) is 30.4 Å². The molecule has 126 valence electrons. The quantitative estimate of drug-likeness (QED) is 0.784. The lowest BCUT2D eigenvalue weighted by Crippen LogP contribution is -2.38. The number of halogens is 1. The third-order valence-corrected chi connectivity index (χ3v) is 4.18. The highest BCUT2D eigenvalue weighted by Crippen LogP contribution is 2.19. The number of hydrogen-bond donors (Lipinski definition) is 3. The summed E-state index contributed by atoms with van der Waals surface area (Å²) < 4.78 is 0. The number of benzene rings is 1. The topological polar surface area (TPSA) is 73.5 Å². The summed E-state index contributed by atoms with van der Waals surface area (Å²) in [7, 11) is 1.83. The van der Waals surface area contributed by atoms with Crippen molar-refractivity contribution < 1.29 is 9.59 Å². The van der Waals surface area contributed by atoms with Gasteiger partial charge in [-0.25, -0.2) is 4.79 Å². The van der Waals surface area contributed by atoms with Gasteiger partial charge in [-0.2, -0.15) is 0 Å². The molecular weight excluding hydrogens is 316 g/mol. The second kappa shape index (κ2) is 7.66. The number of rotatable bonds is 4. The van der Waals surface area contributed by atoms with Crippen molar-refractivity contribution in [3.05, 3.63) is 29.8 Å². The fourth-order valence-corrected chi connectivity index (χ4v) is 2.65. The zero-order valence-corrected chi connectivity index (χ0v) is 14.0. The molecule has 3 amide bonds. The van der Waals surface area contributed by atoms with Crippen LogP contribution < -0.4 is 16.0 Å². The number of anilines is 1. The van der Waals surface area contributed by atoms with Crippen LogP contribution in [0.2, 0.25) is 0 Å². The van der Waals surface area contributed by atoms with Crippen LogP contribution in [0.25, 0.3) is 0 Å². The first-order valence-electron chi connectivity index (χ1n) is 7.79. The molecule has 3 rings (SSSR count). The second-order valence-corrected chi connectivity index (χ2v) is 6.02. The maximum atomic E-state index is 12.5. The summed E-state index contributed by atoms with van der Waals surface area (Å²) in [6.07, 6.45) is 3.07. The zero-order valence-electron chi connectivity index (χ0n) is 13.2. The normalized spacial score (nSPS) is 19.6. The molecule has 2 fully saturated rings. The molecule has 1 heterocycles. The van der Waals surface area contributed by atoms with Gasteiger partial charge in [-0.1, -0.05) is 6.07 Å². The molecule has 1 aliphatic heterocycles. The van der Waals surface area contributed by atoms with Crippen molar-refractivity contribution in [2.75, 3.05) is 25.5 Å². The lowest BCUT2D eigenvalue weighted by Gasteiger charge is -2.24. The summed E-state index contributed by atoms with van der Waals surface area (Å²) in [5, 5.41) is 8.91. The van der Waals surface area contributed by atoms with Gasteiger partial charge < -0.3 is 20.9 Å². The van der Waals surface area contributed by atoms with E-state index in [0.29, 0.717) is 17.3 Å². The highest BCUT2D eigenvalue weighted by atomic mass is 35.5. The van der Waals surface area contributed by atoms with Crippen LogP contribution in [0.3, 0.4) is 0 Å². The van der Waals surface area contributed by atoms with Crippen molar-refractivity contribution in [1.29, 1.82) is 0 Å². The van der Waals surface area contributed by atoms with E-state index in [2.05, 4.69) is 16.0 Å². The van der Waals surface area contributed by atoms with Gasteiger partial charge in [0.1, 0.15) is 0 Å². The first-order valence-corrected chi connectivity index (χ1v) is 7.79. The molecule has 0 bridgehead atoms. The van der Waals surface area contributed by atoms with E-state index < -0.39 is 0 Å². The van der Waals surface area contributed by atoms with Gasteiger partial charge >= 0.3 is 6.03 Å². The van der Waals surface area contributed by atoms with Gasteiger partial charge in [-0.3, -0.25) is 4.79 Å². The van der Waals surface area contributed by atoms with Gasteiger partial charge in [0, 0.05) is 36.9 Å². The highest BCUT2D eigenvalue weighted by molar-refractivity contribution is 5.97. The number of nitrogens with zero attached hydrogens (tertiary/aromatic N) is 1. The lowest BCUT2D eigenvalue weighted by atomic mass is 10.1. The van der Waals surface area contributed by atoms with Crippen molar-refractivity contribution in [2.45, 2.75) is 31.3 Å². The minimum atomic E-state index is -0.208. The van der Waals surface area contributed by atoms with Crippen LogP contribution in [-0.2, 0) is 0 Å². The van der Waals surface area contributed by atoms with Crippen molar-refractivity contribution in [3.8, 4) is 0 Å². The Kier molecular flexibility index (Phi) is 5.85. The summed E-state index contributed by atoms with van der Waals surface area (Å²) in [6, 6.07) is 7.44. The molecule has 1 aromatic carbocycles. The second-order valence-electron chi connectivity index (χ2n) is 6.02. The number of hydrogen-bond acceptors (Lipinski definition) is 3. The minimum Gasteiger partial charge on any atom is -0.337 e. The van der Waals surface area contributed by atoms with Crippen LogP contribution in [0.15, 0.2) is 24.3 Å². The summed E-state index contributed by atoms with van der Waals surface area (Å²) >= 11 is 0. The smallest absolute Gasteiger partial charge is 0.319 e. The molecule has 0 radical (unpaired) electrons. The molecule has 7 heteroatoms. The molecule has 0 spiro atoms. The molecule has 0 aromatic heterocycles. The predicted octanol–water partition coefficient (Wildman–Crippen LogP) is 1.83. The SMILES string of the molecule is CN(C(=O)c1cccc(NC(=O)NC2CC2)c1)C1CCNC1.Cl. The molecule has 1 unspecified atom stereocenters. The van der Waals surface area contributed by atoms with E-state index in [1.807, 2.05) is 7.05 Å². The van der Waals surface area contributed by atoms with Gasteiger partial charge in [0.25, 0.3) is 5.91 Å². The summed E-state index contributed by atoms with van der Waals surface area (Å²) in [6.45, 7) is 1.79. The third kappa shape index (κ3) is 4.59. The Hall–Kier alpha value is -1.79. The molecule has 23 heavy (non-hydrogen) atoms. The average molecular weight is 339 g/mol. The Morgan fingerprint density at radius 3 is 2.70 bits per heavy atom. The number of amides is 3. The zero-order chi connectivity index (χ0) is 15.5. The van der Waals surface area contributed by atoms with Gasteiger partial charge in [0.2, 0.25) is 0 Å². The summed E-state index contributed by atoms with van der Waals surface area (Å²) in [4.78, 5) is 26.1. The van der Waals surface area contributed by atoms with Gasteiger partial charge in [0.15, 0.2) is 0 Å². The fraction of sp³-hybridized carbons (Fsp3) is 0.500. The first kappa shape index (κ1) is 17.6. The van der Waals surface area contributed by atoms with E-state index in [0.717, 1.165) is 32.4 Å². The van der Waals surface area contributed by atoms with Gasteiger partial charge in [-0.05, 0) is 44.0 Å². The number of urea groups is 1. The Balaban J connectivity index is 0.00000192. The molecule has 3 N–H and O–H groups in total. The monoisotopic (exact) mass is 338 g/mol. The van der Waals surface area contributed by atoms with Crippen LogP contribution in [0, 0.1) is 0 Å². The number of nitrogens with one attached hydrogen (secondary N) is 3. The van der Waals surface area contributed by atoms with E-state index in [4.69, 9.17) is 0 Å². The third-order valence-electron chi connectivity index (χ3n) is 4.18. The molecule has 2 aliphatic rings. The van der Waals surface area contributed by atoms with E-state index in [1.165, 1.54) is 0 Å². The van der Waals surface area contributed by atoms with Gasteiger partial charge in [0.05, 0.1) is 0 Å². The van der Waals surface area contributed by atoms with Crippen LogP contribution in [-0.4, -0.2) is 49.1 Å². The van der Waals surface area contributed by atoms with Crippen molar-refractivity contribution in [2.24, 2.45) is 0 Å². The molecule has 1 aliphatic carbocycles. The number of carbonyl (C=O) groups is 2. The minimum absolute atomic E-state index is 0. The van der Waals surface area contributed by atoms with Crippen LogP contribution in [0.5, 0.6) is 0 Å². The molecule has 1 atom stereocenters. The molecular formula is C16H23ClN4O2. The Bertz CT molecular complexity index is 571. The maximum absolute atomic E-state index is 12.5. The van der Waals surface area contributed by atoms with E-state index >= 15 is 0 Å². The maximum Gasteiger partial charge on any atom is 0.319 e. The molecule has 1 aromatic rings. The molecule has 1 saturated carbocycles. The highest BCUT2D eigenvalue weighted by Gasteiger charge is 2.25. The van der Waals surface area contributed by atoms with Gasteiger partial charge in [-0.15, -0.1) is 12.4 Å². The Labute approximate surface area is 142 Å². The van der Waals surface area contributed by atoms with Crippen molar-refractivity contribution in [3.63, 3.8) is 0 Å².